The Kier molecular flexibility index (Phi) is 5.79. The highest BCUT2D eigenvalue weighted by Gasteiger charge is 2.15. The molecule has 1 aromatic heterocycles. The van der Waals surface area contributed by atoms with E-state index in [-0.39, 0.29) is 0 Å². The number of halogens is 1. The minimum atomic E-state index is 0.736. The van der Waals surface area contributed by atoms with E-state index in [2.05, 4.69) is 76.3 Å². The van der Waals surface area contributed by atoms with E-state index in [0.717, 1.165) is 33.9 Å². The van der Waals surface area contributed by atoms with Gasteiger partial charge in [-0.25, -0.2) is 0 Å². The highest BCUT2D eigenvalue weighted by atomic mass is 35.5. The van der Waals surface area contributed by atoms with Gasteiger partial charge in [0.15, 0.2) is 5.16 Å². The number of hydrogen-bond acceptors (Lipinski definition) is 3. The maximum Gasteiger partial charge on any atom is 0.196 e. The molecule has 0 N–H and O–H groups in total. The van der Waals surface area contributed by atoms with Gasteiger partial charge in [-0.3, -0.25) is 4.57 Å². The number of thioether (sulfide) groups is 1. The molecule has 0 fully saturated rings. The van der Waals surface area contributed by atoms with Gasteiger partial charge in [0.2, 0.25) is 0 Å². The summed E-state index contributed by atoms with van der Waals surface area (Å²) in [7, 11) is 0. The summed E-state index contributed by atoms with van der Waals surface area (Å²) in [6, 6.07) is 26.8. The van der Waals surface area contributed by atoms with Crippen molar-refractivity contribution in [3.63, 3.8) is 0 Å². The fourth-order valence-corrected chi connectivity index (χ4v) is 4.14. The zero-order valence-electron chi connectivity index (χ0n) is 15.5. The average Bonchev–Trinajstić information content (AvgIpc) is 3.10. The quantitative estimate of drug-likeness (QED) is 0.362. The number of aromatic nitrogens is 3. The van der Waals surface area contributed by atoms with Crippen LogP contribution in [0.4, 0.5) is 0 Å². The second kappa shape index (κ2) is 8.63. The molecule has 0 saturated carbocycles. The van der Waals surface area contributed by atoms with Gasteiger partial charge in [-0.2, -0.15) is 0 Å². The molecule has 0 amide bonds. The summed E-state index contributed by atoms with van der Waals surface area (Å²) in [5, 5.41) is 10.6. The molecule has 0 spiro atoms. The summed E-state index contributed by atoms with van der Waals surface area (Å²) in [6.45, 7) is 2.09. The molecule has 0 saturated heterocycles. The summed E-state index contributed by atoms with van der Waals surface area (Å²) >= 11 is 7.79. The van der Waals surface area contributed by atoms with Crippen molar-refractivity contribution < 1.29 is 0 Å². The molecule has 0 aliphatic rings. The summed E-state index contributed by atoms with van der Waals surface area (Å²) in [4.78, 5) is 0. The monoisotopic (exact) mass is 405 g/mol. The predicted molar refractivity (Wildman–Crippen MR) is 116 cm³/mol. The molecule has 0 aliphatic heterocycles. The Hall–Kier alpha value is -2.56. The molecule has 28 heavy (non-hydrogen) atoms. The lowest BCUT2D eigenvalue weighted by molar-refractivity contribution is 0.847. The van der Waals surface area contributed by atoms with Crippen molar-refractivity contribution >= 4 is 23.4 Å². The Morgan fingerprint density at radius 1 is 0.857 bits per heavy atom. The first kappa shape index (κ1) is 18.8. The van der Waals surface area contributed by atoms with Crippen molar-refractivity contribution in [3.8, 4) is 5.69 Å². The molecule has 0 radical (unpaired) electrons. The number of aryl methyl sites for hydroxylation is 1. The van der Waals surface area contributed by atoms with Gasteiger partial charge in [0.1, 0.15) is 5.82 Å². The van der Waals surface area contributed by atoms with Gasteiger partial charge in [-0.1, -0.05) is 83.5 Å². The fourth-order valence-electron chi connectivity index (χ4n) is 3.01. The molecule has 3 nitrogen and oxygen atoms in total. The normalized spacial score (nSPS) is 10.9. The summed E-state index contributed by atoms with van der Waals surface area (Å²) in [5.41, 5.74) is 4.69. The minimum Gasteiger partial charge on any atom is -0.274 e. The average molecular weight is 406 g/mol. The van der Waals surface area contributed by atoms with Crippen LogP contribution in [0.3, 0.4) is 0 Å². The van der Waals surface area contributed by atoms with Gasteiger partial charge in [0.05, 0.1) is 0 Å². The third-order valence-electron chi connectivity index (χ3n) is 4.45. The molecule has 5 heteroatoms. The van der Waals surface area contributed by atoms with Gasteiger partial charge < -0.3 is 0 Å². The van der Waals surface area contributed by atoms with Gasteiger partial charge in [-0.05, 0) is 42.3 Å². The fraction of sp³-hybridized carbons (Fsp3) is 0.130. The lowest BCUT2D eigenvalue weighted by atomic mass is 10.1. The molecule has 4 rings (SSSR count). The topological polar surface area (TPSA) is 30.7 Å². The van der Waals surface area contributed by atoms with Crippen molar-refractivity contribution in [2.75, 3.05) is 0 Å². The van der Waals surface area contributed by atoms with Crippen molar-refractivity contribution in [2.45, 2.75) is 24.3 Å². The van der Waals surface area contributed by atoms with Crippen molar-refractivity contribution in [3.05, 3.63) is 106 Å². The van der Waals surface area contributed by atoms with Crippen molar-refractivity contribution in [1.29, 1.82) is 0 Å². The maximum atomic E-state index is 6.12. The van der Waals surface area contributed by atoms with E-state index in [4.69, 9.17) is 11.6 Å². The van der Waals surface area contributed by atoms with E-state index in [1.165, 1.54) is 16.7 Å². The Balaban J connectivity index is 1.66. The van der Waals surface area contributed by atoms with Crippen LogP contribution in [0.5, 0.6) is 0 Å². The number of hydrogen-bond donors (Lipinski definition) is 0. The zero-order chi connectivity index (χ0) is 19.3. The van der Waals surface area contributed by atoms with E-state index in [0.29, 0.717) is 0 Å². The molecule has 0 aliphatic carbocycles. The van der Waals surface area contributed by atoms with Crippen LogP contribution in [0, 0.1) is 6.92 Å². The van der Waals surface area contributed by atoms with E-state index in [1.54, 1.807) is 11.8 Å². The second-order valence-corrected chi connectivity index (χ2v) is 8.03. The largest absolute Gasteiger partial charge is 0.274 e. The highest BCUT2D eigenvalue weighted by molar-refractivity contribution is 7.98. The van der Waals surface area contributed by atoms with Crippen LogP contribution in [0.25, 0.3) is 5.69 Å². The van der Waals surface area contributed by atoms with E-state index in [1.807, 2.05) is 24.3 Å². The third kappa shape index (κ3) is 4.46. The molecule has 3 aromatic carbocycles. The first-order valence-electron chi connectivity index (χ1n) is 9.11. The second-order valence-electron chi connectivity index (χ2n) is 6.65. The van der Waals surface area contributed by atoms with Crippen molar-refractivity contribution in [2.24, 2.45) is 0 Å². The Labute approximate surface area is 174 Å². The van der Waals surface area contributed by atoms with Crippen molar-refractivity contribution in [1.82, 2.24) is 14.8 Å². The molecule has 4 aromatic rings. The van der Waals surface area contributed by atoms with Gasteiger partial charge in [-0.15, -0.1) is 10.2 Å². The van der Waals surface area contributed by atoms with Crippen LogP contribution in [0.1, 0.15) is 22.5 Å². The molecule has 0 atom stereocenters. The summed E-state index contributed by atoms with van der Waals surface area (Å²) < 4.78 is 2.15. The lowest BCUT2D eigenvalue weighted by Gasteiger charge is -2.11. The van der Waals surface area contributed by atoms with E-state index >= 15 is 0 Å². The van der Waals surface area contributed by atoms with Crippen LogP contribution in [0.15, 0.2) is 84.0 Å². The number of benzene rings is 3. The smallest absolute Gasteiger partial charge is 0.196 e. The first-order chi connectivity index (χ1) is 13.7. The molecular weight excluding hydrogens is 386 g/mol. The standard InChI is InChI=1S/C23H20ClN3S/c1-17-10-12-21(13-11-17)27-22(15-18-6-3-2-4-7-18)25-26-23(27)28-16-19-8-5-9-20(24)14-19/h2-14H,15-16H2,1H3. The van der Waals surface area contributed by atoms with Gasteiger partial charge in [0, 0.05) is 22.9 Å². The van der Waals surface area contributed by atoms with Crippen LogP contribution < -0.4 is 0 Å². The summed E-state index contributed by atoms with van der Waals surface area (Å²) in [5.74, 6) is 1.72. The lowest BCUT2D eigenvalue weighted by Crippen LogP contribution is -2.04. The highest BCUT2D eigenvalue weighted by Crippen LogP contribution is 2.27. The Bertz CT molecular complexity index is 1060. The van der Waals surface area contributed by atoms with E-state index < -0.39 is 0 Å². The zero-order valence-corrected chi connectivity index (χ0v) is 17.1. The number of nitrogens with zero attached hydrogens (tertiary/aromatic N) is 3. The Morgan fingerprint density at radius 2 is 1.61 bits per heavy atom. The maximum absolute atomic E-state index is 6.12. The van der Waals surface area contributed by atoms with Crippen LogP contribution in [-0.2, 0) is 12.2 Å². The van der Waals surface area contributed by atoms with Gasteiger partial charge >= 0.3 is 0 Å². The SMILES string of the molecule is Cc1ccc(-n2c(Cc3ccccc3)nnc2SCc2cccc(Cl)c2)cc1. The van der Waals surface area contributed by atoms with Gasteiger partial charge in [0.25, 0.3) is 0 Å². The predicted octanol–water partition coefficient (Wildman–Crippen LogP) is 6.11. The van der Waals surface area contributed by atoms with Crippen LogP contribution in [-0.4, -0.2) is 14.8 Å². The molecule has 0 bridgehead atoms. The molecule has 0 unspecified atom stereocenters. The third-order valence-corrected chi connectivity index (χ3v) is 5.69. The Morgan fingerprint density at radius 3 is 2.36 bits per heavy atom. The van der Waals surface area contributed by atoms with E-state index in [9.17, 15) is 0 Å². The molecular formula is C23H20ClN3S. The first-order valence-corrected chi connectivity index (χ1v) is 10.5. The molecule has 140 valence electrons. The van der Waals surface area contributed by atoms with Crippen LogP contribution in [0.2, 0.25) is 5.02 Å². The number of rotatable bonds is 6. The molecule has 1 heterocycles. The summed E-state index contributed by atoms with van der Waals surface area (Å²) in [6.07, 6.45) is 0.736. The van der Waals surface area contributed by atoms with Crippen LogP contribution >= 0.6 is 23.4 Å². The minimum absolute atomic E-state index is 0.736.